The number of carbonyl (C=O) groups excluding carboxylic acids is 2. The summed E-state index contributed by atoms with van der Waals surface area (Å²) >= 11 is 1.31. The Labute approximate surface area is 127 Å². The first-order valence-corrected chi connectivity index (χ1v) is 7.94. The Balaban J connectivity index is 1.69. The Hall–Kier alpha value is -1.82. The van der Waals surface area contributed by atoms with E-state index < -0.39 is 0 Å². The number of aromatic amines is 1. The van der Waals surface area contributed by atoms with Crippen LogP contribution in [0, 0.1) is 5.92 Å². The monoisotopic (exact) mass is 303 g/mol. The van der Waals surface area contributed by atoms with Crippen molar-refractivity contribution in [1.82, 2.24) is 15.1 Å². The maximum Gasteiger partial charge on any atom is 0.223 e. The zero-order chi connectivity index (χ0) is 14.8. The first-order chi connectivity index (χ1) is 10.1. The van der Waals surface area contributed by atoms with Gasteiger partial charge in [-0.1, -0.05) is 23.9 Å². The second-order valence-corrected chi connectivity index (χ2v) is 6.59. The molecule has 0 radical (unpaired) electrons. The van der Waals surface area contributed by atoms with Crippen molar-refractivity contribution in [3.63, 3.8) is 0 Å². The Morgan fingerprint density at radius 1 is 1.52 bits per heavy atom. The fraction of sp³-hybridized carbons (Fsp3) is 0.400. The normalized spacial score (nSPS) is 18.6. The Morgan fingerprint density at radius 3 is 3.19 bits per heavy atom. The molecule has 110 valence electrons. The third-order valence-corrected chi connectivity index (χ3v) is 4.80. The van der Waals surface area contributed by atoms with Crippen LogP contribution in [-0.4, -0.2) is 38.4 Å². The van der Waals surface area contributed by atoms with Gasteiger partial charge in [0.15, 0.2) is 5.12 Å². The van der Waals surface area contributed by atoms with E-state index in [0.717, 1.165) is 28.8 Å². The van der Waals surface area contributed by atoms with Gasteiger partial charge in [-0.25, -0.2) is 0 Å². The molecule has 0 saturated carbocycles. The van der Waals surface area contributed by atoms with Crippen LogP contribution in [0.3, 0.4) is 0 Å². The van der Waals surface area contributed by atoms with Crippen molar-refractivity contribution in [1.29, 1.82) is 0 Å². The SMILES string of the molecule is CC(=O)SCC1CC(=O)N(Cc2cccc3[nH]ncc23)C1. The van der Waals surface area contributed by atoms with Crippen LogP contribution in [-0.2, 0) is 16.1 Å². The maximum atomic E-state index is 12.1. The van der Waals surface area contributed by atoms with Crippen molar-refractivity contribution in [2.24, 2.45) is 5.92 Å². The summed E-state index contributed by atoms with van der Waals surface area (Å²) in [5.74, 6) is 1.17. The molecule has 21 heavy (non-hydrogen) atoms. The zero-order valence-electron chi connectivity index (χ0n) is 11.8. The van der Waals surface area contributed by atoms with E-state index in [4.69, 9.17) is 0 Å². The van der Waals surface area contributed by atoms with E-state index in [2.05, 4.69) is 10.2 Å². The molecule has 1 N–H and O–H groups in total. The molecule has 0 aliphatic carbocycles. The largest absolute Gasteiger partial charge is 0.338 e. The highest BCUT2D eigenvalue weighted by atomic mass is 32.2. The molecule has 3 rings (SSSR count). The fourth-order valence-corrected chi connectivity index (χ4v) is 3.42. The number of likely N-dealkylation sites (tertiary alicyclic amines) is 1. The molecule has 1 aliphatic heterocycles. The van der Waals surface area contributed by atoms with Crippen LogP contribution in [0.15, 0.2) is 24.4 Å². The average molecular weight is 303 g/mol. The lowest BCUT2D eigenvalue weighted by Crippen LogP contribution is -2.24. The standard InChI is InChI=1S/C15H17N3O2S/c1-10(19)21-9-11-5-15(20)18(7-11)8-12-3-2-4-14-13(12)6-16-17-14/h2-4,6,11H,5,7-9H2,1H3,(H,16,17). The third-order valence-electron chi connectivity index (χ3n) is 3.75. The molecule has 2 heterocycles. The number of nitrogens with one attached hydrogen (secondary N) is 1. The van der Waals surface area contributed by atoms with Crippen LogP contribution in [0.4, 0.5) is 0 Å². The van der Waals surface area contributed by atoms with Crippen molar-refractivity contribution in [2.45, 2.75) is 19.9 Å². The predicted octanol–water partition coefficient (Wildman–Crippen LogP) is 2.19. The van der Waals surface area contributed by atoms with Gasteiger partial charge >= 0.3 is 0 Å². The number of hydrogen-bond acceptors (Lipinski definition) is 4. The molecule has 2 aromatic rings. The van der Waals surface area contributed by atoms with Gasteiger partial charge in [-0.3, -0.25) is 14.7 Å². The van der Waals surface area contributed by atoms with Gasteiger partial charge in [0.2, 0.25) is 5.91 Å². The number of benzene rings is 1. The summed E-state index contributed by atoms with van der Waals surface area (Å²) in [5, 5.41) is 8.17. The van der Waals surface area contributed by atoms with Crippen molar-refractivity contribution in [3.8, 4) is 0 Å². The molecule has 1 unspecified atom stereocenters. The summed E-state index contributed by atoms with van der Waals surface area (Å²) in [6, 6.07) is 5.98. The third kappa shape index (κ3) is 3.10. The Morgan fingerprint density at radius 2 is 2.38 bits per heavy atom. The molecular formula is C15H17N3O2S. The molecular weight excluding hydrogens is 286 g/mol. The minimum absolute atomic E-state index is 0.115. The van der Waals surface area contributed by atoms with E-state index in [1.807, 2.05) is 23.1 Å². The molecule has 1 saturated heterocycles. The van der Waals surface area contributed by atoms with Gasteiger partial charge in [0.05, 0.1) is 11.7 Å². The average Bonchev–Trinajstić information content (AvgIpc) is 3.04. The summed E-state index contributed by atoms with van der Waals surface area (Å²) in [6.07, 6.45) is 2.34. The maximum absolute atomic E-state index is 12.1. The second-order valence-electron chi connectivity index (χ2n) is 5.40. The van der Waals surface area contributed by atoms with Gasteiger partial charge in [-0.05, 0) is 17.5 Å². The lowest BCUT2D eigenvalue weighted by atomic mass is 10.1. The second kappa shape index (κ2) is 5.89. The molecule has 5 nitrogen and oxygen atoms in total. The summed E-state index contributed by atoms with van der Waals surface area (Å²) < 4.78 is 0. The number of aromatic nitrogens is 2. The number of H-pyrrole nitrogens is 1. The van der Waals surface area contributed by atoms with Gasteiger partial charge in [0.25, 0.3) is 0 Å². The van der Waals surface area contributed by atoms with E-state index >= 15 is 0 Å². The topological polar surface area (TPSA) is 66.1 Å². The number of hydrogen-bond donors (Lipinski definition) is 1. The number of carbonyl (C=O) groups is 2. The first-order valence-electron chi connectivity index (χ1n) is 6.95. The van der Waals surface area contributed by atoms with Crippen molar-refractivity contribution in [3.05, 3.63) is 30.0 Å². The van der Waals surface area contributed by atoms with Gasteiger partial charge in [0.1, 0.15) is 0 Å². The lowest BCUT2D eigenvalue weighted by molar-refractivity contribution is -0.128. The van der Waals surface area contributed by atoms with Gasteiger partial charge in [-0.2, -0.15) is 5.10 Å². The minimum Gasteiger partial charge on any atom is -0.338 e. The van der Waals surface area contributed by atoms with Crippen LogP contribution < -0.4 is 0 Å². The van der Waals surface area contributed by atoms with E-state index in [9.17, 15) is 9.59 Å². The van der Waals surface area contributed by atoms with E-state index in [1.165, 1.54) is 11.8 Å². The highest BCUT2D eigenvalue weighted by Crippen LogP contribution is 2.25. The van der Waals surface area contributed by atoms with Crippen LogP contribution in [0.25, 0.3) is 10.9 Å². The van der Waals surface area contributed by atoms with Crippen molar-refractivity contribution < 1.29 is 9.59 Å². The van der Waals surface area contributed by atoms with Gasteiger partial charge in [0, 0.05) is 37.6 Å². The number of amides is 1. The predicted molar refractivity (Wildman–Crippen MR) is 82.8 cm³/mol. The zero-order valence-corrected chi connectivity index (χ0v) is 12.7. The van der Waals surface area contributed by atoms with E-state index in [0.29, 0.717) is 13.0 Å². The highest BCUT2D eigenvalue weighted by Gasteiger charge is 2.29. The summed E-state index contributed by atoms with van der Waals surface area (Å²) in [7, 11) is 0. The summed E-state index contributed by atoms with van der Waals surface area (Å²) in [4.78, 5) is 25.0. The van der Waals surface area contributed by atoms with Crippen LogP contribution >= 0.6 is 11.8 Å². The molecule has 1 aromatic carbocycles. The number of thioether (sulfide) groups is 1. The molecule has 0 bridgehead atoms. The smallest absolute Gasteiger partial charge is 0.223 e. The number of rotatable bonds is 4. The molecule has 1 atom stereocenters. The molecule has 1 amide bonds. The molecule has 0 spiro atoms. The molecule has 1 aliphatic rings. The summed E-state index contributed by atoms with van der Waals surface area (Å²) in [6.45, 7) is 2.91. The fourth-order valence-electron chi connectivity index (χ4n) is 2.73. The van der Waals surface area contributed by atoms with E-state index in [1.54, 1.807) is 13.1 Å². The van der Waals surface area contributed by atoms with Crippen LogP contribution in [0.1, 0.15) is 18.9 Å². The Kier molecular flexibility index (Phi) is 3.96. The quantitative estimate of drug-likeness (QED) is 0.940. The molecule has 1 fully saturated rings. The summed E-state index contributed by atoms with van der Waals surface area (Å²) in [5.41, 5.74) is 2.09. The highest BCUT2D eigenvalue weighted by molar-refractivity contribution is 8.13. The number of nitrogens with zero attached hydrogens (tertiary/aromatic N) is 2. The van der Waals surface area contributed by atoms with Crippen molar-refractivity contribution in [2.75, 3.05) is 12.3 Å². The number of fused-ring (bicyclic) bond motifs is 1. The van der Waals surface area contributed by atoms with Crippen LogP contribution in [0.5, 0.6) is 0 Å². The van der Waals surface area contributed by atoms with Gasteiger partial charge in [-0.15, -0.1) is 0 Å². The lowest BCUT2D eigenvalue weighted by Gasteiger charge is -2.17. The first kappa shape index (κ1) is 14.1. The van der Waals surface area contributed by atoms with Crippen molar-refractivity contribution >= 4 is 33.7 Å². The Bertz CT molecular complexity index is 682. The van der Waals surface area contributed by atoms with E-state index in [-0.39, 0.29) is 16.9 Å². The minimum atomic E-state index is 0.115. The van der Waals surface area contributed by atoms with Gasteiger partial charge < -0.3 is 4.90 Å². The molecule has 1 aromatic heterocycles. The van der Waals surface area contributed by atoms with Crippen LogP contribution in [0.2, 0.25) is 0 Å². The molecule has 6 heteroatoms.